The molecule has 0 saturated carbocycles. The molecule has 2 aromatic carbocycles. The van der Waals surface area contributed by atoms with Crippen LogP contribution in [0.25, 0.3) is 40.2 Å². The Labute approximate surface area is 336 Å². The van der Waals surface area contributed by atoms with Gasteiger partial charge in [0.2, 0.25) is 5.75 Å². The Morgan fingerprint density at radius 2 is 1.07 bits per heavy atom. The van der Waals surface area contributed by atoms with E-state index in [9.17, 15) is 9.59 Å². The first-order valence-electron chi connectivity index (χ1n) is 16.6. The summed E-state index contributed by atoms with van der Waals surface area (Å²) in [5.41, 5.74) is 2.53. The molecule has 56 heavy (non-hydrogen) atoms. The third-order valence-electron chi connectivity index (χ3n) is 8.09. The maximum absolute atomic E-state index is 12.8. The maximum atomic E-state index is 12.8. The quantitative estimate of drug-likeness (QED) is 0.128. The lowest BCUT2D eigenvalue weighted by Crippen LogP contribution is -2.13. The molecule has 8 rings (SSSR count). The molecule has 17 heteroatoms. The molecule has 0 aliphatic rings. The summed E-state index contributed by atoms with van der Waals surface area (Å²) >= 11 is 6.12. The normalized spacial score (nSPS) is 10.7. The Morgan fingerprint density at radius 3 is 1.57 bits per heavy atom. The maximum Gasteiger partial charge on any atom is 0.260 e. The highest BCUT2D eigenvalue weighted by Crippen LogP contribution is 2.41. The van der Waals surface area contributed by atoms with Crippen LogP contribution in [0.5, 0.6) is 28.7 Å². The van der Waals surface area contributed by atoms with Crippen molar-refractivity contribution in [3.63, 3.8) is 0 Å². The average molecular weight is 825 g/mol. The molecule has 13 nitrogen and oxygen atoms in total. The van der Waals surface area contributed by atoms with Gasteiger partial charge >= 0.3 is 0 Å². The first-order valence-corrected chi connectivity index (χ1v) is 19.8. The molecule has 0 unspecified atom stereocenters. The van der Waals surface area contributed by atoms with Crippen LogP contribution in [0.3, 0.4) is 0 Å². The summed E-state index contributed by atoms with van der Waals surface area (Å²) in [5.74, 6) is 1.73. The smallest absolute Gasteiger partial charge is 0.260 e. The Kier molecular flexibility index (Phi) is 11.7. The average Bonchev–Trinajstić information content (AvgIpc) is 4.06. The number of rotatable bonds is 11. The Morgan fingerprint density at radius 1 is 0.536 bits per heavy atom. The number of carbonyl (C=O) groups excluding carboxylic acids is 2. The van der Waals surface area contributed by atoms with Gasteiger partial charge in [-0.2, -0.15) is 0 Å². The van der Waals surface area contributed by atoms with Crippen LogP contribution in [0.15, 0.2) is 91.5 Å². The topological polar surface area (TPSA) is 156 Å². The molecule has 0 atom stereocenters. The standard InChI is InChI=1S/C20H17N3O4S2.C19H15N3O3S2/c1-25-13-5-4-11(17(26-2)18(13)27-3)19(24)23-16-7-6-15(28-16)20-22-12-10-21-9-8-14(12)29-20;1-24-11-3-4-12(14(9-11)25-2)18(23)22-17-6-5-16(26-17)19-21-13-10-20-8-7-15(13)27-19/h4-10H,1-3H3,(H,23,24);3-10H,1-2H3,(H,22,23). The van der Waals surface area contributed by atoms with Crippen LogP contribution in [0.1, 0.15) is 20.7 Å². The van der Waals surface area contributed by atoms with E-state index in [1.165, 1.54) is 51.1 Å². The Hall–Kier alpha value is -6.14. The van der Waals surface area contributed by atoms with E-state index in [4.69, 9.17) is 23.7 Å². The monoisotopic (exact) mass is 824 g/mol. The molecular formula is C39H32N6O7S4. The van der Waals surface area contributed by atoms with Gasteiger partial charge in [-0.1, -0.05) is 0 Å². The molecule has 0 aliphatic carbocycles. The number of methoxy groups -OCH3 is 5. The number of hydrogen-bond acceptors (Lipinski definition) is 15. The van der Waals surface area contributed by atoms with E-state index in [0.29, 0.717) is 44.9 Å². The molecule has 0 fully saturated rings. The van der Waals surface area contributed by atoms with Gasteiger partial charge in [-0.25, -0.2) is 9.97 Å². The number of anilines is 2. The lowest BCUT2D eigenvalue weighted by Gasteiger charge is -2.15. The zero-order chi connectivity index (χ0) is 39.2. The third kappa shape index (κ3) is 8.11. The molecule has 6 heterocycles. The van der Waals surface area contributed by atoms with E-state index in [1.54, 1.807) is 84.9 Å². The van der Waals surface area contributed by atoms with Crippen LogP contribution >= 0.6 is 45.3 Å². The van der Waals surface area contributed by atoms with Gasteiger partial charge in [-0.15, -0.1) is 45.3 Å². The highest BCUT2D eigenvalue weighted by atomic mass is 32.1. The van der Waals surface area contributed by atoms with E-state index < -0.39 is 0 Å². The fourth-order valence-electron chi connectivity index (χ4n) is 5.44. The van der Waals surface area contributed by atoms with Crippen LogP contribution < -0.4 is 34.3 Å². The van der Waals surface area contributed by atoms with Crippen molar-refractivity contribution in [1.29, 1.82) is 0 Å². The van der Waals surface area contributed by atoms with E-state index in [0.717, 1.165) is 45.2 Å². The van der Waals surface area contributed by atoms with Crippen molar-refractivity contribution in [2.24, 2.45) is 0 Å². The second-order valence-corrected chi connectivity index (χ2v) is 15.6. The molecule has 0 saturated heterocycles. The van der Waals surface area contributed by atoms with Gasteiger partial charge in [-0.3, -0.25) is 19.6 Å². The molecule has 2 N–H and O–H groups in total. The highest BCUT2D eigenvalue weighted by molar-refractivity contribution is 7.27. The third-order valence-corrected chi connectivity index (χ3v) is 12.5. The molecule has 284 valence electrons. The number of nitrogens with zero attached hydrogens (tertiary/aromatic N) is 4. The second kappa shape index (κ2) is 17.1. The minimum atomic E-state index is -0.301. The summed E-state index contributed by atoms with van der Waals surface area (Å²) < 4.78 is 28.6. The zero-order valence-corrected chi connectivity index (χ0v) is 33.7. The molecule has 0 spiro atoms. The minimum Gasteiger partial charge on any atom is -0.497 e. The summed E-state index contributed by atoms with van der Waals surface area (Å²) in [6, 6.07) is 19.9. The van der Waals surface area contributed by atoms with Crippen LogP contribution in [-0.2, 0) is 0 Å². The van der Waals surface area contributed by atoms with Gasteiger partial charge in [0, 0.05) is 18.5 Å². The lowest BCUT2D eigenvalue weighted by molar-refractivity contribution is 0.101. The number of hydrogen-bond donors (Lipinski definition) is 2. The SMILES string of the molecule is COc1ccc(C(=O)Nc2ccc(-c3nc4cnccc4s3)s2)c(OC)c1.COc1ccc(C(=O)Nc2ccc(-c3nc4cnccc4s3)s2)c(OC)c1OC. The van der Waals surface area contributed by atoms with Crippen LogP contribution in [0, 0.1) is 0 Å². The molecular weight excluding hydrogens is 793 g/mol. The summed E-state index contributed by atoms with van der Waals surface area (Å²) in [7, 11) is 7.61. The fourth-order valence-corrected chi connectivity index (χ4v) is 9.21. The Bertz CT molecular complexity index is 2600. The summed E-state index contributed by atoms with van der Waals surface area (Å²) in [4.78, 5) is 44.8. The van der Waals surface area contributed by atoms with Crippen LogP contribution in [0.2, 0.25) is 0 Å². The highest BCUT2D eigenvalue weighted by Gasteiger charge is 2.22. The van der Waals surface area contributed by atoms with Gasteiger partial charge in [0.15, 0.2) is 11.5 Å². The van der Waals surface area contributed by atoms with Crippen molar-refractivity contribution in [2.75, 3.05) is 46.2 Å². The number of amides is 2. The second-order valence-electron chi connectivity index (χ2n) is 11.4. The van der Waals surface area contributed by atoms with E-state index in [-0.39, 0.29) is 11.8 Å². The molecule has 0 aliphatic heterocycles. The van der Waals surface area contributed by atoms with Crippen molar-refractivity contribution >= 4 is 87.6 Å². The number of thiazole rings is 2. The number of fused-ring (bicyclic) bond motifs is 2. The largest absolute Gasteiger partial charge is 0.497 e. The number of thiophene rings is 2. The van der Waals surface area contributed by atoms with Gasteiger partial charge in [0.25, 0.3) is 11.8 Å². The lowest BCUT2D eigenvalue weighted by atomic mass is 10.1. The molecule has 0 bridgehead atoms. The van der Waals surface area contributed by atoms with E-state index >= 15 is 0 Å². The summed E-state index contributed by atoms with van der Waals surface area (Å²) in [6.07, 6.45) is 7.00. The predicted molar refractivity (Wildman–Crippen MR) is 223 cm³/mol. The number of aromatic nitrogens is 4. The van der Waals surface area contributed by atoms with Crippen LogP contribution in [-0.4, -0.2) is 67.3 Å². The first-order chi connectivity index (χ1) is 27.3. The molecule has 2 amide bonds. The molecule has 0 radical (unpaired) electrons. The zero-order valence-electron chi connectivity index (χ0n) is 30.4. The number of pyridine rings is 2. The van der Waals surface area contributed by atoms with Crippen molar-refractivity contribution < 1.29 is 33.3 Å². The summed E-state index contributed by atoms with van der Waals surface area (Å²) in [5, 5.41) is 9.08. The fraction of sp³-hybridized carbons (Fsp3) is 0.128. The van der Waals surface area contributed by atoms with Crippen molar-refractivity contribution in [3.8, 4) is 48.5 Å². The van der Waals surface area contributed by atoms with Gasteiger partial charge in [0.05, 0.1) is 88.2 Å². The first kappa shape index (κ1) is 38.1. The number of carbonyl (C=O) groups is 2. The number of nitrogens with one attached hydrogen (secondary N) is 2. The van der Waals surface area contributed by atoms with Crippen molar-refractivity contribution in [3.05, 3.63) is 103 Å². The van der Waals surface area contributed by atoms with Gasteiger partial charge in [-0.05, 0) is 60.7 Å². The predicted octanol–water partition coefficient (Wildman–Crippen LogP) is 9.39. The van der Waals surface area contributed by atoms with Crippen molar-refractivity contribution in [2.45, 2.75) is 0 Å². The van der Waals surface area contributed by atoms with Crippen molar-refractivity contribution in [1.82, 2.24) is 19.9 Å². The van der Waals surface area contributed by atoms with Crippen LogP contribution in [0.4, 0.5) is 10.0 Å². The van der Waals surface area contributed by atoms with E-state index in [1.807, 2.05) is 36.4 Å². The van der Waals surface area contributed by atoms with Gasteiger partial charge < -0.3 is 34.3 Å². The molecule has 6 aromatic heterocycles. The Balaban J connectivity index is 0.000000172. The van der Waals surface area contributed by atoms with E-state index in [2.05, 4.69) is 30.6 Å². The number of ether oxygens (including phenoxy) is 5. The molecule has 8 aromatic rings. The minimum absolute atomic E-state index is 0.239. The summed E-state index contributed by atoms with van der Waals surface area (Å²) in [6.45, 7) is 0. The number of benzene rings is 2. The van der Waals surface area contributed by atoms with Gasteiger partial charge in [0.1, 0.15) is 32.5 Å².